The molecule has 5 heteroatoms. The molecule has 0 unspecified atom stereocenters. The zero-order valence-corrected chi connectivity index (χ0v) is 11.9. The van der Waals surface area contributed by atoms with E-state index in [1.165, 1.54) is 19.1 Å². The van der Waals surface area contributed by atoms with E-state index >= 15 is 0 Å². The van der Waals surface area contributed by atoms with Crippen molar-refractivity contribution in [1.82, 2.24) is 4.57 Å². The van der Waals surface area contributed by atoms with E-state index in [4.69, 9.17) is 16.3 Å². The van der Waals surface area contributed by atoms with Crippen LogP contribution in [0.1, 0.15) is 6.92 Å². The van der Waals surface area contributed by atoms with Crippen LogP contribution in [0.3, 0.4) is 0 Å². The number of carbonyl (C=O) groups excluding carboxylic acids is 1. The van der Waals surface area contributed by atoms with Crippen molar-refractivity contribution in [1.29, 1.82) is 0 Å². The molecule has 106 valence electrons. The fourth-order valence-corrected chi connectivity index (χ4v) is 2.42. The minimum Gasteiger partial charge on any atom is -0.409 e. The molecule has 0 aliphatic carbocycles. The quantitative estimate of drug-likeness (QED) is 0.659. The normalized spacial score (nSPS) is 10.8. The summed E-state index contributed by atoms with van der Waals surface area (Å²) in [6, 6.07) is 13.0. The number of hydrogen-bond donors (Lipinski definition) is 0. The highest BCUT2D eigenvalue weighted by atomic mass is 35.5. The third-order valence-electron chi connectivity index (χ3n) is 3.06. The highest BCUT2D eigenvalue weighted by molar-refractivity contribution is 6.31. The Morgan fingerprint density at radius 3 is 2.52 bits per heavy atom. The van der Waals surface area contributed by atoms with Gasteiger partial charge in [-0.1, -0.05) is 11.6 Å². The number of nitrogens with zero attached hydrogens (tertiary/aromatic N) is 1. The zero-order chi connectivity index (χ0) is 15.0. The number of carbonyl (C=O) groups is 1. The van der Waals surface area contributed by atoms with Crippen molar-refractivity contribution < 1.29 is 13.9 Å². The molecule has 0 saturated carbocycles. The minimum absolute atomic E-state index is 0.327. The van der Waals surface area contributed by atoms with Crippen LogP contribution in [-0.2, 0) is 4.79 Å². The Labute approximate surface area is 125 Å². The van der Waals surface area contributed by atoms with Crippen molar-refractivity contribution in [3.8, 4) is 11.6 Å². The average Bonchev–Trinajstić information content (AvgIpc) is 2.76. The predicted molar refractivity (Wildman–Crippen MR) is 79.6 cm³/mol. The van der Waals surface area contributed by atoms with Gasteiger partial charge in [0.25, 0.3) is 0 Å². The first kappa shape index (κ1) is 13.6. The van der Waals surface area contributed by atoms with E-state index in [1.54, 1.807) is 34.9 Å². The van der Waals surface area contributed by atoms with Crippen LogP contribution in [0.25, 0.3) is 16.6 Å². The number of hydrogen-bond acceptors (Lipinski definition) is 2. The van der Waals surface area contributed by atoms with Gasteiger partial charge in [0, 0.05) is 29.1 Å². The Kier molecular flexibility index (Phi) is 3.39. The molecule has 3 aromatic rings. The van der Waals surface area contributed by atoms with Gasteiger partial charge in [-0.2, -0.15) is 0 Å². The van der Waals surface area contributed by atoms with Gasteiger partial charge in [-0.25, -0.2) is 4.39 Å². The molecule has 0 radical (unpaired) electrons. The molecule has 0 N–H and O–H groups in total. The number of halogens is 2. The van der Waals surface area contributed by atoms with Crippen LogP contribution in [0, 0.1) is 5.82 Å². The van der Waals surface area contributed by atoms with Gasteiger partial charge in [0.2, 0.25) is 5.88 Å². The number of benzene rings is 2. The van der Waals surface area contributed by atoms with E-state index in [1.807, 2.05) is 6.07 Å². The van der Waals surface area contributed by atoms with Gasteiger partial charge in [0.1, 0.15) is 5.82 Å². The summed E-state index contributed by atoms with van der Waals surface area (Å²) in [5.74, 6) is -0.383. The summed E-state index contributed by atoms with van der Waals surface area (Å²) >= 11 is 5.99. The molecule has 0 aliphatic rings. The second-order valence-corrected chi connectivity index (χ2v) is 5.03. The molecule has 0 spiro atoms. The molecule has 3 rings (SSSR count). The topological polar surface area (TPSA) is 31.2 Å². The summed E-state index contributed by atoms with van der Waals surface area (Å²) < 4.78 is 20.1. The van der Waals surface area contributed by atoms with Crippen molar-refractivity contribution in [2.45, 2.75) is 6.92 Å². The lowest BCUT2D eigenvalue weighted by Gasteiger charge is -2.10. The highest BCUT2D eigenvalue weighted by Gasteiger charge is 2.13. The van der Waals surface area contributed by atoms with E-state index in [-0.39, 0.29) is 5.82 Å². The third kappa shape index (κ3) is 2.62. The van der Waals surface area contributed by atoms with E-state index in [0.717, 1.165) is 10.9 Å². The first-order chi connectivity index (χ1) is 10.0. The molecule has 0 bridgehead atoms. The third-order valence-corrected chi connectivity index (χ3v) is 3.30. The van der Waals surface area contributed by atoms with Crippen LogP contribution in [0.4, 0.5) is 4.39 Å². The number of ether oxygens (including phenoxy) is 1. The van der Waals surface area contributed by atoms with Crippen LogP contribution >= 0.6 is 11.6 Å². The summed E-state index contributed by atoms with van der Waals surface area (Å²) in [7, 11) is 0. The van der Waals surface area contributed by atoms with Gasteiger partial charge in [-0.15, -0.1) is 0 Å². The fourth-order valence-electron chi connectivity index (χ4n) is 2.24. The molecule has 0 fully saturated rings. The van der Waals surface area contributed by atoms with Crippen LogP contribution in [0.2, 0.25) is 5.02 Å². The lowest BCUT2D eigenvalue weighted by Crippen LogP contribution is -2.06. The Morgan fingerprint density at radius 2 is 1.86 bits per heavy atom. The van der Waals surface area contributed by atoms with E-state index in [9.17, 15) is 9.18 Å². The molecule has 0 aliphatic heterocycles. The summed E-state index contributed by atoms with van der Waals surface area (Å²) in [6.07, 6.45) is 0. The maximum atomic E-state index is 13.1. The summed E-state index contributed by atoms with van der Waals surface area (Å²) in [5, 5.41) is 1.43. The Balaban J connectivity index is 2.26. The molecular weight excluding hydrogens is 293 g/mol. The largest absolute Gasteiger partial charge is 0.409 e. The monoisotopic (exact) mass is 303 g/mol. The molecule has 0 amide bonds. The maximum absolute atomic E-state index is 13.1. The maximum Gasteiger partial charge on any atom is 0.309 e. The van der Waals surface area contributed by atoms with E-state index in [0.29, 0.717) is 16.6 Å². The van der Waals surface area contributed by atoms with Gasteiger partial charge in [0.15, 0.2) is 0 Å². The Bertz CT molecular complexity index is 824. The molecule has 1 aromatic heterocycles. The second kappa shape index (κ2) is 5.22. The number of esters is 1. The lowest BCUT2D eigenvalue weighted by atomic mass is 10.2. The van der Waals surface area contributed by atoms with Gasteiger partial charge < -0.3 is 4.74 Å². The molecule has 0 atom stereocenters. The lowest BCUT2D eigenvalue weighted by molar-refractivity contribution is -0.132. The molecule has 3 nitrogen and oxygen atoms in total. The summed E-state index contributed by atoms with van der Waals surface area (Å²) in [4.78, 5) is 11.3. The van der Waals surface area contributed by atoms with Crippen molar-refractivity contribution in [3.05, 3.63) is 59.4 Å². The van der Waals surface area contributed by atoms with Crippen molar-refractivity contribution >= 4 is 28.5 Å². The van der Waals surface area contributed by atoms with E-state index in [2.05, 4.69) is 0 Å². The standard InChI is InChI=1S/C16H11ClFNO2/c1-10(20)21-16-9-11-8-12(17)2-7-15(11)19(16)14-5-3-13(18)4-6-14/h2-9H,1H3. The number of aromatic nitrogens is 1. The smallest absolute Gasteiger partial charge is 0.309 e. The van der Waals surface area contributed by atoms with Crippen LogP contribution in [0.5, 0.6) is 5.88 Å². The first-order valence-electron chi connectivity index (χ1n) is 6.30. The molecular formula is C16H11ClFNO2. The van der Waals surface area contributed by atoms with Gasteiger partial charge >= 0.3 is 5.97 Å². The van der Waals surface area contributed by atoms with Gasteiger partial charge in [-0.05, 0) is 42.5 Å². The second-order valence-electron chi connectivity index (χ2n) is 4.59. The number of fused-ring (bicyclic) bond motifs is 1. The first-order valence-corrected chi connectivity index (χ1v) is 6.68. The summed E-state index contributed by atoms with van der Waals surface area (Å²) in [6.45, 7) is 1.33. The number of rotatable bonds is 2. The highest BCUT2D eigenvalue weighted by Crippen LogP contribution is 2.31. The Morgan fingerprint density at radius 1 is 1.14 bits per heavy atom. The van der Waals surface area contributed by atoms with Crippen molar-refractivity contribution in [2.75, 3.05) is 0 Å². The molecule has 0 saturated heterocycles. The predicted octanol–water partition coefficient (Wildman–Crippen LogP) is 4.35. The zero-order valence-electron chi connectivity index (χ0n) is 11.1. The molecule has 1 heterocycles. The van der Waals surface area contributed by atoms with E-state index < -0.39 is 5.97 Å². The van der Waals surface area contributed by atoms with Crippen LogP contribution in [0.15, 0.2) is 48.5 Å². The Hall–Kier alpha value is -2.33. The minimum atomic E-state index is -0.424. The van der Waals surface area contributed by atoms with Crippen LogP contribution in [-0.4, -0.2) is 10.5 Å². The van der Waals surface area contributed by atoms with Crippen molar-refractivity contribution in [3.63, 3.8) is 0 Å². The van der Waals surface area contributed by atoms with Crippen LogP contribution < -0.4 is 4.74 Å². The van der Waals surface area contributed by atoms with Gasteiger partial charge in [-0.3, -0.25) is 9.36 Å². The van der Waals surface area contributed by atoms with Gasteiger partial charge in [0.05, 0.1) is 5.52 Å². The van der Waals surface area contributed by atoms with Crippen molar-refractivity contribution in [2.24, 2.45) is 0 Å². The SMILES string of the molecule is CC(=O)Oc1cc2cc(Cl)ccc2n1-c1ccc(F)cc1. The molecule has 2 aromatic carbocycles. The molecule has 21 heavy (non-hydrogen) atoms. The fraction of sp³-hybridized carbons (Fsp3) is 0.0625. The summed E-state index contributed by atoms with van der Waals surface area (Å²) in [5.41, 5.74) is 1.52. The average molecular weight is 304 g/mol.